The van der Waals surface area contributed by atoms with Crippen LogP contribution in [-0.2, 0) is 0 Å². The van der Waals surface area contributed by atoms with E-state index in [0.29, 0.717) is 23.1 Å². The first-order valence-electron chi connectivity index (χ1n) is 6.30. The molecule has 1 unspecified atom stereocenters. The molecule has 0 aliphatic carbocycles. The maximum Gasteiger partial charge on any atom is 0.119 e. The fraction of sp³-hybridized carbons (Fsp3) is 0.200. The Morgan fingerprint density at radius 3 is 2.50 bits per heavy atom. The highest BCUT2D eigenvalue weighted by Crippen LogP contribution is 2.31. The molecular formula is C15H16Cl2N2O. The number of benzene rings is 2. The van der Waals surface area contributed by atoms with Crippen LogP contribution in [0.1, 0.15) is 18.0 Å². The third kappa shape index (κ3) is 3.87. The summed E-state index contributed by atoms with van der Waals surface area (Å²) in [7, 11) is 0. The van der Waals surface area contributed by atoms with E-state index in [2.05, 4.69) is 5.43 Å². The number of para-hydroxylation sites is 1. The molecule has 20 heavy (non-hydrogen) atoms. The number of hydrazine groups is 1. The average molecular weight is 311 g/mol. The molecule has 3 nitrogen and oxygen atoms in total. The zero-order valence-corrected chi connectivity index (χ0v) is 12.4. The molecular weight excluding hydrogens is 295 g/mol. The van der Waals surface area contributed by atoms with Gasteiger partial charge >= 0.3 is 0 Å². The SMILES string of the molecule is NNC(CCOc1ccccc1)c1cccc(Cl)c1Cl. The van der Waals surface area contributed by atoms with Crippen LogP contribution < -0.4 is 16.0 Å². The summed E-state index contributed by atoms with van der Waals surface area (Å²) in [5.74, 6) is 6.43. The van der Waals surface area contributed by atoms with Gasteiger partial charge in [0.25, 0.3) is 0 Å². The van der Waals surface area contributed by atoms with E-state index in [4.69, 9.17) is 33.8 Å². The molecule has 0 saturated carbocycles. The summed E-state index contributed by atoms with van der Waals surface area (Å²) in [4.78, 5) is 0. The summed E-state index contributed by atoms with van der Waals surface area (Å²) in [6.45, 7) is 0.529. The molecule has 0 radical (unpaired) electrons. The average Bonchev–Trinajstić information content (AvgIpc) is 2.48. The van der Waals surface area contributed by atoms with Crippen LogP contribution in [0.2, 0.25) is 10.0 Å². The van der Waals surface area contributed by atoms with E-state index in [9.17, 15) is 0 Å². The standard InChI is InChI=1S/C15H16Cl2N2O/c16-13-8-4-7-12(15(13)17)14(19-18)9-10-20-11-5-2-1-3-6-11/h1-8,14,19H,9-10,18H2. The van der Waals surface area contributed by atoms with E-state index in [1.54, 1.807) is 6.07 Å². The summed E-state index contributed by atoms with van der Waals surface area (Å²) >= 11 is 12.2. The number of halogens is 2. The Morgan fingerprint density at radius 2 is 1.80 bits per heavy atom. The monoisotopic (exact) mass is 310 g/mol. The lowest BCUT2D eigenvalue weighted by molar-refractivity contribution is 0.287. The quantitative estimate of drug-likeness (QED) is 0.627. The van der Waals surface area contributed by atoms with E-state index in [1.165, 1.54) is 0 Å². The van der Waals surface area contributed by atoms with E-state index in [-0.39, 0.29) is 6.04 Å². The van der Waals surface area contributed by atoms with Crippen LogP contribution >= 0.6 is 23.2 Å². The summed E-state index contributed by atoms with van der Waals surface area (Å²) < 4.78 is 5.66. The molecule has 0 heterocycles. The molecule has 3 N–H and O–H groups in total. The van der Waals surface area contributed by atoms with Crippen molar-refractivity contribution < 1.29 is 4.74 Å². The molecule has 0 aliphatic heterocycles. The lowest BCUT2D eigenvalue weighted by Crippen LogP contribution is -2.29. The Hall–Kier alpha value is -1.26. The second-order valence-corrected chi connectivity index (χ2v) is 5.10. The van der Waals surface area contributed by atoms with Gasteiger partial charge in [0, 0.05) is 6.42 Å². The Bertz CT molecular complexity index is 549. The van der Waals surface area contributed by atoms with Gasteiger partial charge in [-0.3, -0.25) is 11.3 Å². The predicted molar refractivity (Wildman–Crippen MR) is 83.1 cm³/mol. The first-order valence-corrected chi connectivity index (χ1v) is 7.06. The van der Waals surface area contributed by atoms with Crippen LogP contribution in [-0.4, -0.2) is 6.61 Å². The highest BCUT2D eigenvalue weighted by atomic mass is 35.5. The number of nitrogens with one attached hydrogen (secondary N) is 1. The molecule has 5 heteroatoms. The molecule has 0 spiro atoms. The largest absolute Gasteiger partial charge is 0.494 e. The molecule has 0 bridgehead atoms. The van der Waals surface area contributed by atoms with Gasteiger partial charge in [-0.2, -0.15) is 0 Å². The second-order valence-electron chi connectivity index (χ2n) is 4.31. The first-order chi connectivity index (χ1) is 9.72. The van der Waals surface area contributed by atoms with Crippen molar-refractivity contribution in [3.05, 3.63) is 64.1 Å². The van der Waals surface area contributed by atoms with E-state index < -0.39 is 0 Å². The highest BCUT2D eigenvalue weighted by molar-refractivity contribution is 6.42. The molecule has 0 aromatic heterocycles. The molecule has 2 aromatic carbocycles. The minimum absolute atomic E-state index is 0.107. The van der Waals surface area contributed by atoms with Crippen LogP contribution in [0.3, 0.4) is 0 Å². The minimum Gasteiger partial charge on any atom is -0.494 e. The van der Waals surface area contributed by atoms with Crippen LogP contribution in [0.25, 0.3) is 0 Å². The van der Waals surface area contributed by atoms with Gasteiger partial charge in [0.15, 0.2) is 0 Å². The number of ether oxygens (including phenoxy) is 1. The third-order valence-corrected chi connectivity index (χ3v) is 3.81. The van der Waals surface area contributed by atoms with Crippen LogP contribution in [0.15, 0.2) is 48.5 Å². The molecule has 0 amide bonds. The van der Waals surface area contributed by atoms with Crippen molar-refractivity contribution >= 4 is 23.2 Å². The lowest BCUT2D eigenvalue weighted by Gasteiger charge is -2.18. The number of hydrogen-bond acceptors (Lipinski definition) is 3. The van der Waals surface area contributed by atoms with Gasteiger partial charge in [0.2, 0.25) is 0 Å². The minimum atomic E-state index is -0.107. The molecule has 0 aliphatic rings. The van der Waals surface area contributed by atoms with Crippen molar-refractivity contribution in [2.75, 3.05) is 6.61 Å². The Labute approximate surface area is 128 Å². The topological polar surface area (TPSA) is 47.3 Å². The fourth-order valence-electron chi connectivity index (χ4n) is 1.93. The Kier molecular flexibility index (Phi) is 5.68. The maximum atomic E-state index is 6.19. The van der Waals surface area contributed by atoms with Gasteiger partial charge in [-0.05, 0) is 23.8 Å². The Balaban J connectivity index is 1.97. The van der Waals surface area contributed by atoms with Gasteiger partial charge in [0.1, 0.15) is 5.75 Å². The van der Waals surface area contributed by atoms with Gasteiger partial charge in [-0.15, -0.1) is 0 Å². The first kappa shape index (κ1) is 15.1. The normalized spacial score (nSPS) is 12.2. The van der Waals surface area contributed by atoms with Crippen molar-refractivity contribution in [1.82, 2.24) is 5.43 Å². The second kappa shape index (κ2) is 7.50. The number of rotatable bonds is 6. The summed E-state index contributed by atoms with van der Waals surface area (Å²) in [6.07, 6.45) is 0.686. The predicted octanol–water partition coefficient (Wildman–Crippen LogP) is 3.97. The summed E-state index contributed by atoms with van der Waals surface area (Å²) in [5, 5.41) is 1.05. The molecule has 2 rings (SSSR count). The number of hydrogen-bond donors (Lipinski definition) is 2. The molecule has 0 saturated heterocycles. The van der Waals surface area contributed by atoms with Crippen LogP contribution in [0, 0.1) is 0 Å². The van der Waals surface area contributed by atoms with Crippen molar-refractivity contribution in [1.29, 1.82) is 0 Å². The number of nitrogens with two attached hydrogens (primary N) is 1. The summed E-state index contributed by atoms with van der Waals surface area (Å²) in [5.41, 5.74) is 3.62. The Morgan fingerprint density at radius 1 is 1.05 bits per heavy atom. The van der Waals surface area contributed by atoms with Crippen molar-refractivity contribution in [3.63, 3.8) is 0 Å². The van der Waals surface area contributed by atoms with Crippen molar-refractivity contribution in [2.45, 2.75) is 12.5 Å². The van der Waals surface area contributed by atoms with Crippen molar-refractivity contribution in [3.8, 4) is 5.75 Å². The lowest BCUT2D eigenvalue weighted by atomic mass is 10.0. The van der Waals surface area contributed by atoms with Gasteiger partial charge in [0.05, 0.1) is 22.7 Å². The van der Waals surface area contributed by atoms with Crippen LogP contribution in [0.5, 0.6) is 5.75 Å². The van der Waals surface area contributed by atoms with Gasteiger partial charge in [-0.1, -0.05) is 53.5 Å². The smallest absolute Gasteiger partial charge is 0.119 e. The zero-order valence-electron chi connectivity index (χ0n) is 10.9. The molecule has 1 atom stereocenters. The van der Waals surface area contributed by atoms with E-state index >= 15 is 0 Å². The molecule has 2 aromatic rings. The summed E-state index contributed by atoms with van der Waals surface area (Å²) in [6, 6.07) is 15.0. The fourth-order valence-corrected chi connectivity index (χ4v) is 2.37. The highest BCUT2D eigenvalue weighted by Gasteiger charge is 2.15. The van der Waals surface area contributed by atoms with E-state index in [1.807, 2.05) is 42.5 Å². The van der Waals surface area contributed by atoms with Crippen molar-refractivity contribution in [2.24, 2.45) is 5.84 Å². The van der Waals surface area contributed by atoms with Crippen LogP contribution in [0.4, 0.5) is 0 Å². The molecule has 106 valence electrons. The third-order valence-electron chi connectivity index (χ3n) is 2.98. The van der Waals surface area contributed by atoms with Gasteiger partial charge < -0.3 is 4.74 Å². The van der Waals surface area contributed by atoms with E-state index in [0.717, 1.165) is 11.3 Å². The van der Waals surface area contributed by atoms with Gasteiger partial charge in [-0.25, -0.2) is 0 Å². The zero-order chi connectivity index (χ0) is 14.4. The molecule has 0 fully saturated rings. The maximum absolute atomic E-state index is 6.19.